The smallest absolute Gasteiger partial charge is 0.168 e. The average Bonchev–Trinajstić information content (AvgIpc) is 3.04. The number of aryl methyl sites for hydroxylation is 1. The van der Waals surface area contributed by atoms with Gasteiger partial charge in [0.15, 0.2) is 5.82 Å². The molecule has 0 saturated carbocycles. The maximum atomic E-state index is 4.20. The SMILES string of the molecule is Cc1ccc(CC(C)n2nnnc2C(C)NCC(C)C)s1. The van der Waals surface area contributed by atoms with Gasteiger partial charge in [-0.2, -0.15) is 0 Å². The number of nitrogens with zero attached hydrogens (tertiary/aromatic N) is 4. The molecule has 2 aromatic rings. The molecule has 0 amide bonds. The van der Waals surface area contributed by atoms with Gasteiger partial charge in [-0.3, -0.25) is 0 Å². The van der Waals surface area contributed by atoms with E-state index in [0.717, 1.165) is 18.8 Å². The zero-order chi connectivity index (χ0) is 15.4. The Hall–Kier alpha value is -1.27. The first-order valence-electron chi connectivity index (χ1n) is 7.53. The summed E-state index contributed by atoms with van der Waals surface area (Å²) in [6, 6.07) is 4.78. The zero-order valence-corrected chi connectivity index (χ0v) is 14.3. The molecule has 0 spiro atoms. The molecule has 6 heteroatoms. The summed E-state index contributed by atoms with van der Waals surface area (Å²) in [6.07, 6.45) is 0.966. The van der Waals surface area contributed by atoms with Crippen LogP contribution in [0.3, 0.4) is 0 Å². The maximum Gasteiger partial charge on any atom is 0.168 e. The zero-order valence-electron chi connectivity index (χ0n) is 13.5. The van der Waals surface area contributed by atoms with Crippen molar-refractivity contribution in [2.45, 2.75) is 53.1 Å². The third-order valence-electron chi connectivity index (χ3n) is 3.45. The van der Waals surface area contributed by atoms with Gasteiger partial charge in [-0.25, -0.2) is 4.68 Å². The van der Waals surface area contributed by atoms with Crippen molar-refractivity contribution in [2.75, 3.05) is 6.54 Å². The van der Waals surface area contributed by atoms with Gasteiger partial charge in [0.25, 0.3) is 0 Å². The van der Waals surface area contributed by atoms with Crippen LogP contribution >= 0.6 is 11.3 Å². The first kappa shape index (κ1) is 16.1. The molecule has 0 aliphatic carbocycles. The van der Waals surface area contributed by atoms with Gasteiger partial charge in [0.1, 0.15) is 0 Å². The van der Waals surface area contributed by atoms with E-state index in [1.807, 2.05) is 16.0 Å². The van der Waals surface area contributed by atoms with Crippen LogP contribution in [0, 0.1) is 12.8 Å². The molecule has 2 atom stereocenters. The van der Waals surface area contributed by atoms with Crippen molar-refractivity contribution in [3.63, 3.8) is 0 Å². The largest absolute Gasteiger partial charge is 0.307 e. The summed E-state index contributed by atoms with van der Waals surface area (Å²) in [4.78, 5) is 2.73. The van der Waals surface area contributed by atoms with Gasteiger partial charge in [-0.05, 0) is 55.8 Å². The van der Waals surface area contributed by atoms with Crippen molar-refractivity contribution in [3.05, 3.63) is 27.7 Å². The van der Waals surface area contributed by atoms with E-state index in [1.54, 1.807) is 0 Å². The van der Waals surface area contributed by atoms with Crippen molar-refractivity contribution in [1.82, 2.24) is 25.5 Å². The number of tetrazole rings is 1. The van der Waals surface area contributed by atoms with Crippen molar-refractivity contribution in [1.29, 1.82) is 0 Å². The second-order valence-electron chi connectivity index (χ2n) is 6.07. The highest BCUT2D eigenvalue weighted by molar-refractivity contribution is 7.11. The van der Waals surface area contributed by atoms with Crippen molar-refractivity contribution in [2.24, 2.45) is 5.92 Å². The highest BCUT2D eigenvalue weighted by atomic mass is 32.1. The quantitative estimate of drug-likeness (QED) is 0.853. The Kier molecular flexibility index (Phi) is 5.47. The fourth-order valence-electron chi connectivity index (χ4n) is 2.28. The molecule has 1 N–H and O–H groups in total. The van der Waals surface area contributed by atoms with E-state index in [4.69, 9.17) is 0 Å². The normalized spacial score (nSPS) is 14.6. The molecular weight excluding hydrogens is 282 g/mol. The van der Waals surface area contributed by atoms with Gasteiger partial charge in [0.05, 0.1) is 12.1 Å². The molecule has 0 aliphatic heterocycles. The van der Waals surface area contributed by atoms with Gasteiger partial charge in [0.2, 0.25) is 0 Å². The van der Waals surface area contributed by atoms with Crippen LogP contribution in [-0.4, -0.2) is 26.8 Å². The van der Waals surface area contributed by atoms with Crippen LogP contribution in [0.15, 0.2) is 12.1 Å². The molecule has 0 bridgehead atoms. The lowest BCUT2D eigenvalue weighted by Gasteiger charge is -2.18. The fourth-order valence-corrected chi connectivity index (χ4v) is 3.29. The van der Waals surface area contributed by atoms with Crippen LogP contribution in [0.2, 0.25) is 0 Å². The minimum absolute atomic E-state index is 0.162. The Balaban J connectivity index is 2.04. The van der Waals surface area contributed by atoms with E-state index in [1.165, 1.54) is 9.75 Å². The molecule has 5 nitrogen and oxygen atoms in total. The highest BCUT2D eigenvalue weighted by Crippen LogP contribution is 2.22. The van der Waals surface area contributed by atoms with Gasteiger partial charge in [0, 0.05) is 16.2 Å². The summed E-state index contributed by atoms with van der Waals surface area (Å²) in [5.74, 6) is 1.53. The van der Waals surface area contributed by atoms with Crippen LogP contribution in [0.25, 0.3) is 0 Å². The Morgan fingerprint density at radius 3 is 2.62 bits per heavy atom. The highest BCUT2D eigenvalue weighted by Gasteiger charge is 2.19. The number of nitrogens with one attached hydrogen (secondary N) is 1. The molecule has 0 saturated heterocycles. The van der Waals surface area contributed by atoms with Crippen molar-refractivity contribution >= 4 is 11.3 Å². The molecule has 2 aromatic heterocycles. The third-order valence-corrected chi connectivity index (χ3v) is 4.47. The fraction of sp³-hybridized carbons (Fsp3) is 0.667. The van der Waals surface area contributed by atoms with Gasteiger partial charge >= 0.3 is 0 Å². The minimum Gasteiger partial charge on any atom is -0.307 e. The lowest BCUT2D eigenvalue weighted by molar-refractivity contribution is 0.414. The first-order valence-corrected chi connectivity index (χ1v) is 8.35. The van der Waals surface area contributed by atoms with Gasteiger partial charge in [-0.1, -0.05) is 13.8 Å². The van der Waals surface area contributed by atoms with E-state index in [-0.39, 0.29) is 12.1 Å². The Labute approximate surface area is 130 Å². The average molecular weight is 307 g/mol. The van der Waals surface area contributed by atoms with Crippen LogP contribution in [0.4, 0.5) is 0 Å². The van der Waals surface area contributed by atoms with Crippen LogP contribution in [0.5, 0.6) is 0 Å². The van der Waals surface area contributed by atoms with E-state index in [9.17, 15) is 0 Å². The Morgan fingerprint density at radius 2 is 2.00 bits per heavy atom. The van der Waals surface area contributed by atoms with Gasteiger partial charge < -0.3 is 5.32 Å². The summed E-state index contributed by atoms with van der Waals surface area (Å²) >= 11 is 1.84. The van der Waals surface area contributed by atoms with E-state index >= 15 is 0 Å². The number of hydrogen-bond donors (Lipinski definition) is 1. The monoisotopic (exact) mass is 307 g/mol. The number of rotatable bonds is 7. The van der Waals surface area contributed by atoms with E-state index in [2.05, 4.69) is 67.6 Å². The molecule has 2 unspecified atom stereocenters. The predicted octanol–water partition coefficient (Wildman–Crippen LogP) is 3.15. The molecule has 116 valence electrons. The number of thiophene rings is 1. The number of aromatic nitrogens is 4. The molecule has 2 heterocycles. The van der Waals surface area contributed by atoms with E-state index < -0.39 is 0 Å². The standard InChI is InChI=1S/C15H25N5S/c1-10(2)9-16-13(5)15-17-18-19-20(15)11(3)8-14-7-6-12(4)21-14/h6-7,10-11,13,16H,8-9H2,1-5H3. The number of hydrogen-bond acceptors (Lipinski definition) is 5. The third kappa shape index (κ3) is 4.35. The van der Waals surface area contributed by atoms with Gasteiger partial charge in [-0.15, -0.1) is 16.4 Å². The van der Waals surface area contributed by atoms with Crippen LogP contribution in [0.1, 0.15) is 55.4 Å². The summed E-state index contributed by atoms with van der Waals surface area (Å²) in [6.45, 7) is 11.8. The molecule has 0 fully saturated rings. The lowest BCUT2D eigenvalue weighted by Crippen LogP contribution is -2.27. The molecular formula is C15H25N5S. The van der Waals surface area contributed by atoms with Crippen molar-refractivity contribution < 1.29 is 0 Å². The van der Waals surface area contributed by atoms with Crippen molar-refractivity contribution in [3.8, 4) is 0 Å². The summed E-state index contributed by atoms with van der Waals surface area (Å²) in [5.41, 5.74) is 0. The summed E-state index contributed by atoms with van der Waals surface area (Å²) in [5, 5.41) is 15.7. The maximum absolute atomic E-state index is 4.20. The molecule has 0 aromatic carbocycles. The summed E-state index contributed by atoms with van der Waals surface area (Å²) < 4.78 is 1.95. The topological polar surface area (TPSA) is 55.6 Å². The van der Waals surface area contributed by atoms with Crippen LogP contribution < -0.4 is 5.32 Å². The molecule has 21 heavy (non-hydrogen) atoms. The van der Waals surface area contributed by atoms with E-state index in [0.29, 0.717) is 5.92 Å². The second-order valence-corrected chi connectivity index (χ2v) is 7.44. The molecule has 0 aliphatic rings. The second kappa shape index (κ2) is 7.13. The van der Waals surface area contributed by atoms with Crippen LogP contribution in [-0.2, 0) is 6.42 Å². The predicted molar refractivity (Wildman–Crippen MR) is 86.5 cm³/mol. The molecule has 0 radical (unpaired) electrons. The molecule has 2 rings (SSSR count). The Bertz CT molecular complexity index is 560. The first-order chi connectivity index (χ1) is 9.97. The lowest BCUT2D eigenvalue weighted by atomic mass is 10.2. The summed E-state index contributed by atoms with van der Waals surface area (Å²) in [7, 11) is 0. The minimum atomic E-state index is 0.162. The Morgan fingerprint density at radius 1 is 1.24 bits per heavy atom.